The largest absolute Gasteiger partial charge is 0.335 e. The van der Waals surface area contributed by atoms with Crippen LogP contribution in [0.2, 0.25) is 0 Å². The van der Waals surface area contributed by atoms with Gasteiger partial charge < -0.3 is 15.2 Å². The zero-order valence-corrected chi connectivity index (χ0v) is 12.0. The molecule has 0 spiro atoms. The van der Waals surface area contributed by atoms with Crippen LogP contribution in [0, 0.1) is 0 Å². The van der Waals surface area contributed by atoms with E-state index in [1.54, 1.807) is 12.5 Å². The van der Waals surface area contributed by atoms with Crippen LogP contribution in [0.15, 0.2) is 42.9 Å². The molecular formula is C16H20N4O. The van der Waals surface area contributed by atoms with Crippen molar-refractivity contribution in [3.63, 3.8) is 0 Å². The number of hydrogen-bond donors (Lipinski definition) is 1. The highest BCUT2D eigenvalue weighted by Crippen LogP contribution is 2.29. The van der Waals surface area contributed by atoms with Crippen molar-refractivity contribution in [3.05, 3.63) is 54.1 Å². The monoisotopic (exact) mass is 284 g/mol. The molecular weight excluding hydrogens is 264 g/mol. The summed E-state index contributed by atoms with van der Waals surface area (Å²) in [7, 11) is 0. The minimum atomic E-state index is 0.0112. The van der Waals surface area contributed by atoms with Gasteiger partial charge in [0.05, 0.1) is 6.33 Å². The van der Waals surface area contributed by atoms with E-state index in [1.165, 1.54) is 0 Å². The molecule has 3 rings (SSSR count). The van der Waals surface area contributed by atoms with Gasteiger partial charge in [-0.15, -0.1) is 0 Å². The number of benzene rings is 1. The van der Waals surface area contributed by atoms with E-state index in [-0.39, 0.29) is 5.91 Å². The normalized spacial score (nSPS) is 14.1. The first kappa shape index (κ1) is 13.8. The van der Waals surface area contributed by atoms with Crippen LogP contribution in [-0.4, -0.2) is 32.9 Å². The predicted molar refractivity (Wildman–Crippen MR) is 80.6 cm³/mol. The Hall–Kier alpha value is -2.14. The average Bonchev–Trinajstić information content (AvgIpc) is 3.25. The minimum absolute atomic E-state index is 0.0112. The molecule has 0 radical (unpaired) electrons. The summed E-state index contributed by atoms with van der Waals surface area (Å²) in [4.78, 5) is 18.8. The van der Waals surface area contributed by atoms with Crippen LogP contribution in [0.25, 0.3) is 0 Å². The van der Waals surface area contributed by atoms with Crippen LogP contribution in [0.3, 0.4) is 0 Å². The Bertz CT molecular complexity index is 604. The highest BCUT2D eigenvalue weighted by atomic mass is 16.2. The van der Waals surface area contributed by atoms with E-state index >= 15 is 0 Å². The maximum absolute atomic E-state index is 12.7. The molecule has 1 aliphatic rings. The Morgan fingerprint density at radius 2 is 2.10 bits per heavy atom. The SMILES string of the molecule is NCCn1cnc(C(=O)N(Cc2ccccc2)C2CC2)c1. The van der Waals surface area contributed by atoms with Crippen LogP contribution >= 0.6 is 0 Å². The molecule has 2 N–H and O–H groups in total. The summed E-state index contributed by atoms with van der Waals surface area (Å²) in [5.74, 6) is 0.0112. The Labute approximate surface area is 124 Å². The number of aromatic nitrogens is 2. The molecule has 1 saturated carbocycles. The number of imidazole rings is 1. The summed E-state index contributed by atoms with van der Waals surface area (Å²) >= 11 is 0. The fraction of sp³-hybridized carbons (Fsp3) is 0.375. The van der Waals surface area contributed by atoms with Gasteiger partial charge in [0, 0.05) is 31.9 Å². The Morgan fingerprint density at radius 1 is 1.33 bits per heavy atom. The second-order valence-corrected chi connectivity index (χ2v) is 5.44. The Balaban J connectivity index is 1.75. The van der Waals surface area contributed by atoms with E-state index < -0.39 is 0 Å². The van der Waals surface area contributed by atoms with Gasteiger partial charge in [-0.05, 0) is 18.4 Å². The lowest BCUT2D eigenvalue weighted by Crippen LogP contribution is -2.32. The maximum Gasteiger partial charge on any atom is 0.274 e. The van der Waals surface area contributed by atoms with Crippen LogP contribution < -0.4 is 5.73 Å². The first-order chi connectivity index (χ1) is 10.3. The fourth-order valence-corrected chi connectivity index (χ4v) is 2.42. The number of carbonyl (C=O) groups is 1. The molecule has 1 amide bonds. The minimum Gasteiger partial charge on any atom is -0.335 e. The molecule has 0 saturated heterocycles. The number of nitrogens with two attached hydrogens (primary N) is 1. The van der Waals surface area contributed by atoms with Crippen molar-refractivity contribution in [1.29, 1.82) is 0 Å². The van der Waals surface area contributed by atoms with E-state index in [0.717, 1.165) is 18.4 Å². The van der Waals surface area contributed by atoms with E-state index in [2.05, 4.69) is 17.1 Å². The summed E-state index contributed by atoms with van der Waals surface area (Å²) in [5, 5.41) is 0. The summed E-state index contributed by atoms with van der Waals surface area (Å²) < 4.78 is 1.86. The number of hydrogen-bond acceptors (Lipinski definition) is 3. The number of rotatable bonds is 6. The van der Waals surface area contributed by atoms with Crippen molar-refractivity contribution < 1.29 is 4.79 Å². The molecule has 0 unspecified atom stereocenters. The Morgan fingerprint density at radius 3 is 2.76 bits per heavy atom. The van der Waals surface area contributed by atoms with Crippen LogP contribution in [-0.2, 0) is 13.1 Å². The maximum atomic E-state index is 12.7. The first-order valence-corrected chi connectivity index (χ1v) is 7.34. The molecule has 1 fully saturated rings. The molecule has 1 heterocycles. The summed E-state index contributed by atoms with van der Waals surface area (Å²) in [6.07, 6.45) is 5.63. The molecule has 1 aromatic carbocycles. The smallest absolute Gasteiger partial charge is 0.274 e. The highest BCUT2D eigenvalue weighted by Gasteiger charge is 2.33. The number of amides is 1. The fourth-order valence-electron chi connectivity index (χ4n) is 2.42. The molecule has 2 aromatic rings. The summed E-state index contributed by atoms with van der Waals surface area (Å²) in [6.45, 7) is 1.87. The van der Waals surface area contributed by atoms with Gasteiger partial charge in [-0.1, -0.05) is 30.3 Å². The number of nitrogens with zero attached hydrogens (tertiary/aromatic N) is 3. The van der Waals surface area contributed by atoms with Gasteiger partial charge in [-0.2, -0.15) is 0 Å². The summed E-state index contributed by atoms with van der Waals surface area (Å²) in [5.41, 5.74) is 7.18. The first-order valence-electron chi connectivity index (χ1n) is 7.34. The van der Waals surface area contributed by atoms with Gasteiger partial charge in [-0.3, -0.25) is 4.79 Å². The molecule has 0 bridgehead atoms. The zero-order chi connectivity index (χ0) is 14.7. The van der Waals surface area contributed by atoms with Crippen LogP contribution in [0.4, 0.5) is 0 Å². The van der Waals surface area contributed by atoms with Gasteiger partial charge in [0.2, 0.25) is 0 Å². The highest BCUT2D eigenvalue weighted by molar-refractivity contribution is 5.92. The van der Waals surface area contributed by atoms with Crippen LogP contribution in [0.5, 0.6) is 0 Å². The third-order valence-corrected chi connectivity index (χ3v) is 3.68. The number of carbonyl (C=O) groups excluding carboxylic acids is 1. The predicted octanol–water partition coefficient (Wildman–Crippen LogP) is 1.65. The van der Waals surface area contributed by atoms with Crippen molar-refractivity contribution in [2.24, 2.45) is 5.73 Å². The standard InChI is InChI=1S/C16H20N4O/c17-8-9-19-11-15(18-12-19)16(21)20(14-6-7-14)10-13-4-2-1-3-5-13/h1-5,11-12,14H,6-10,17H2. The molecule has 1 aromatic heterocycles. The van der Waals surface area contributed by atoms with E-state index in [4.69, 9.17) is 5.73 Å². The quantitative estimate of drug-likeness (QED) is 0.877. The molecule has 0 aliphatic heterocycles. The van der Waals surface area contributed by atoms with Gasteiger partial charge in [-0.25, -0.2) is 4.98 Å². The van der Waals surface area contributed by atoms with Gasteiger partial charge in [0.25, 0.3) is 5.91 Å². The topological polar surface area (TPSA) is 64.2 Å². The molecule has 0 atom stereocenters. The third kappa shape index (κ3) is 3.31. The lowest BCUT2D eigenvalue weighted by atomic mass is 10.2. The van der Waals surface area contributed by atoms with E-state index in [1.807, 2.05) is 27.7 Å². The second-order valence-electron chi connectivity index (χ2n) is 5.44. The average molecular weight is 284 g/mol. The van der Waals surface area contributed by atoms with Gasteiger partial charge >= 0.3 is 0 Å². The third-order valence-electron chi connectivity index (χ3n) is 3.68. The van der Waals surface area contributed by atoms with Crippen molar-refractivity contribution >= 4 is 5.91 Å². The van der Waals surface area contributed by atoms with Crippen molar-refractivity contribution in [1.82, 2.24) is 14.5 Å². The van der Waals surface area contributed by atoms with E-state index in [0.29, 0.717) is 31.4 Å². The van der Waals surface area contributed by atoms with Crippen molar-refractivity contribution in [2.75, 3.05) is 6.54 Å². The zero-order valence-electron chi connectivity index (χ0n) is 12.0. The van der Waals surface area contributed by atoms with Crippen molar-refractivity contribution in [3.8, 4) is 0 Å². The molecule has 1 aliphatic carbocycles. The lowest BCUT2D eigenvalue weighted by Gasteiger charge is -2.21. The molecule has 110 valence electrons. The van der Waals surface area contributed by atoms with Crippen molar-refractivity contribution in [2.45, 2.75) is 32.0 Å². The van der Waals surface area contributed by atoms with Gasteiger partial charge in [0.1, 0.15) is 5.69 Å². The second kappa shape index (κ2) is 6.10. The molecule has 5 nitrogen and oxygen atoms in total. The van der Waals surface area contributed by atoms with Gasteiger partial charge in [0.15, 0.2) is 0 Å². The van der Waals surface area contributed by atoms with Crippen LogP contribution in [0.1, 0.15) is 28.9 Å². The van der Waals surface area contributed by atoms with E-state index in [9.17, 15) is 4.79 Å². The summed E-state index contributed by atoms with van der Waals surface area (Å²) in [6, 6.07) is 10.5. The molecule has 21 heavy (non-hydrogen) atoms. The molecule has 5 heteroatoms. The Kier molecular flexibility index (Phi) is 4.01. The lowest BCUT2D eigenvalue weighted by molar-refractivity contribution is 0.0724.